The van der Waals surface area contributed by atoms with Crippen molar-refractivity contribution in [2.45, 2.75) is 19.9 Å². The topological polar surface area (TPSA) is 84.2 Å². The largest absolute Gasteiger partial charge is 0.478 e. The maximum absolute atomic E-state index is 12.1. The zero-order valence-corrected chi connectivity index (χ0v) is 12.4. The summed E-state index contributed by atoms with van der Waals surface area (Å²) in [6.45, 7) is 4.00. The van der Waals surface area contributed by atoms with Crippen LogP contribution in [0.3, 0.4) is 0 Å². The van der Waals surface area contributed by atoms with Crippen LogP contribution in [0.2, 0.25) is 0 Å². The van der Waals surface area contributed by atoms with Crippen LogP contribution in [0.25, 0.3) is 6.08 Å². The molecule has 0 saturated carbocycles. The molecular weight excluding hydrogens is 290 g/mol. The number of anilines is 1. The van der Waals surface area contributed by atoms with Gasteiger partial charge in [-0.1, -0.05) is 0 Å². The Hall–Kier alpha value is -2.41. The monoisotopic (exact) mass is 305 g/mol. The maximum Gasteiger partial charge on any atom is 0.328 e. The minimum Gasteiger partial charge on any atom is -0.478 e. The third-order valence-corrected chi connectivity index (χ3v) is 3.68. The minimum atomic E-state index is -1.02. The average molecular weight is 305 g/mol. The highest BCUT2D eigenvalue weighted by molar-refractivity contribution is 7.15. The molecule has 0 atom stereocenters. The summed E-state index contributed by atoms with van der Waals surface area (Å²) in [6.07, 6.45) is 5.86. The summed E-state index contributed by atoms with van der Waals surface area (Å²) >= 11 is 1.23. The number of aliphatic carboxylic acids is 1. The van der Waals surface area contributed by atoms with Gasteiger partial charge in [-0.2, -0.15) is 5.10 Å². The van der Waals surface area contributed by atoms with Crippen molar-refractivity contribution in [3.05, 3.63) is 40.4 Å². The molecule has 7 heteroatoms. The quantitative estimate of drug-likeness (QED) is 0.832. The van der Waals surface area contributed by atoms with Crippen LogP contribution in [0.1, 0.15) is 34.4 Å². The van der Waals surface area contributed by atoms with E-state index in [2.05, 4.69) is 10.4 Å². The van der Waals surface area contributed by atoms with E-state index in [1.54, 1.807) is 29.2 Å². The molecule has 0 fully saturated rings. The van der Waals surface area contributed by atoms with Crippen LogP contribution >= 0.6 is 11.3 Å². The third-order valence-electron chi connectivity index (χ3n) is 2.63. The Morgan fingerprint density at radius 2 is 2.19 bits per heavy atom. The van der Waals surface area contributed by atoms with E-state index in [0.29, 0.717) is 15.4 Å². The van der Waals surface area contributed by atoms with E-state index < -0.39 is 5.97 Å². The third kappa shape index (κ3) is 4.03. The van der Waals surface area contributed by atoms with E-state index in [9.17, 15) is 9.59 Å². The molecular formula is C14H15N3O3S. The molecule has 21 heavy (non-hydrogen) atoms. The van der Waals surface area contributed by atoms with Crippen LogP contribution < -0.4 is 5.32 Å². The van der Waals surface area contributed by atoms with Crippen molar-refractivity contribution in [1.82, 2.24) is 9.78 Å². The number of carboxylic acid groups (broad SMARTS) is 1. The van der Waals surface area contributed by atoms with Gasteiger partial charge < -0.3 is 10.4 Å². The number of nitrogens with one attached hydrogen (secondary N) is 1. The SMILES string of the molecule is CC(C)n1cc(NC(=O)c2ccc(C=CC(=O)O)s2)cn1. The molecule has 2 aromatic rings. The van der Waals surface area contributed by atoms with Crippen molar-refractivity contribution in [3.8, 4) is 0 Å². The van der Waals surface area contributed by atoms with Gasteiger partial charge >= 0.3 is 5.97 Å². The Morgan fingerprint density at radius 1 is 1.43 bits per heavy atom. The van der Waals surface area contributed by atoms with Gasteiger partial charge in [0.15, 0.2) is 0 Å². The zero-order valence-electron chi connectivity index (χ0n) is 11.6. The van der Waals surface area contributed by atoms with Gasteiger partial charge in [0, 0.05) is 23.2 Å². The molecule has 0 aromatic carbocycles. The lowest BCUT2D eigenvalue weighted by molar-refractivity contribution is -0.131. The van der Waals surface area contributed by atoms with Crippen molar-refractivity contribution < 1.29 is 14.7 Å². The molecule has 0 aliphatic carbocycles. The second kappa shape index (κ2) is 6.36. The molecule has 110 valence electrons. The molecule has 2 rings (SSSR count). The number of carbonyl (C=O) groups is 2. The Kier molecular flexibility index (Phi) is 4.54. The summed E-state index contributed by atoms with van der Waals surface area (Å²) in [6, 6.07) is 3.59. The number of rotatable bonds is 5. The van der Waals surface area contributed by atoms with Crippen LogP contribution in [0.5, 0.6) is 0 Å². The molecule has 0 spiro atoms. The molecule has 1 amide bonds. The number of amides is 1. The second-order valence-corrected chi connectivity index (χ2v) is 5.75. The molecule has 0 saturated heterocycles. The molecule has 0 aliphatic heterocycles. The Morgan fingerprint density at radius 3 is 2.81 bits per heavy atom. The van der Waals surface area contributed by atoms with Gasteiger partial charge in [-0.05, 0) is 32.1 Å². The first kappa shape index (κ1) is 15.0. The maximum atomic E-state index is 12.1. The molecule has 0 aliphatic rings. The lowest BCUT2D eigenvalue weighted by Gasteiger charge is -2.03. The van der Waals surface area contributed by atoms with E-state index >= 15 is 0 Å². The predicted octanol–water partition coefficient (Wildman–Crippen LogP) is 2.88. The zero-order chi connectivity index (χ0) is 15.4. The van der Waals surface area contributed by atoms with Gasteiger partial charge in [0.2, 0.25) is 0 Å². The number of hydrogen-bond donors (Lipinski definition) is 2. The predicted molar refractivity (Wildman–Crippen MR) is 81.6 cm³/mol. The summed E-state index contributed by atoms with van der Waals surface area (Å²) in [5, 5.41) is 15.5. The minimum absolute atomic E-state index is 0.227. The van der Waals surface area contributed by atoms with Gasteiger partial charge in [-0.15, -0.1) is 11.3 Å². The van der Waals surface area contributed by atoms with Crippen molar-refractivity contribution in [2.24, 2.45) is 0 Å². The molecule has 2 heterocycles. The lowest BCUT2D eigenvalue weighted by atomic mass is 10.3. The Balaban J connectivity index is 2.04. The summed E-state index contributed by atoms with van der Waals surface area (Å²) in [5.74, 6) is -1.26. The number of aromatic nitrogens is 2. The van der Waals surface area contributed by atoms with Crippen LogP contribution in [-0.4, -0.2) is 26.8 Å². The van der Waals surface area contributed by atoms with E-state index in [1.807, 2.05) is 13.8 Å². The summed E-state index contributed by atoms with van der Waals surface area (Å²) in [4.78, 5) is 23.7. The highest BCUT2D eigenvalue weighted by atomic mass is 32.1. The molecule has 2 N–H and O–H groups in total. The highest BCUT2D eigenvalue weighted by Gasteiger charge is 2.10. The summed E-state index contributed by atoms with van der Waals surface area (Å²) < 4.78 is 1.76. The Labute approximate surface area is 125 Å². The first-order chi connectivity index (χ1) is 9.95. The van der Waals surface area contributed by atoms with E-state index in [-0.39, 0.29) is 11.9 Å². The molecule has 2 aromatic heterocycles. The van der Waals surface area contributed by atoms with E-state index in [0.717, 1.165) is 6.08 Å². The van der Waals surface area contributed by atoms with E-state index in [4.69, 9.17) is 5.11 Å². The van der Waals surface area contributed by atoms with Gasteiger partial charge in [-0.3, -0.25) is 9.48 Å². The summed E-state index contributed by atoms with van der Waals surface area (Å²) in [7, 11) is 0. The number of carbonyl (C=O) groups excluding carboxylic acids is 1. The second-order valence-electron chi connectivity index (χ2n) is 4.63. The van der Waals surface area contributed by atoms with Gasteiger partial charge in [0.05, 0.1) is 16.8 Å². The van der Waals surface area contributed by atoms with Gasteiger partial charge in [0.25, 0.3) is 5.91 Å². The molecule has 0 bridgehead atoms. The average Bonchev–Trinajstić information content (AvgIpc) is 3.04. The van der Waals surface area contributed by atoms with Crippen molar-refractivity contribution in [2.75, 3.05) is 5.32 Å². The normalized spacial score (nSPS) is 11.2. The van der Waals surface area contributed by atoms with E-state index in [1.165, 1.54) is 17.4 Å². The first-order valence-corrected chi connectivity index (χ1v) is 7.13. The standard InChI is InChI=1S/C14H15N3O3S/c1-9(2)17-8-10(7-15-17)16-14(20)12-5-3-11(21-12)4-6-13(18)19/h3-9H,1-2H3,(H,16,20)(H,18,19). The van der Waals surface area contributed by atoms with Crippen LogP contribution in [0, 0.1) is 0 Å². The number of hydrogen-bond acceptors (Lipinski definition) is 4. The fraction of sp³-hybridized carbons (Fsp3) is 0.214. The number of thiophene rings is 1. The van der Waals surface area contributed by atoms with Gasteiger partial charge in [0.1, 0.15) is 0 Å². The molecule has 6 nitrogen and oxygen atoms in total. The molecule has 0 unspecified atom stereocenters. The van der Waals surface area contributed by atoms with Crippen LogP contribution in [0.15, 0.2) is 30.6 Å². The lowest BCUT2D eigenvalue weighted by Crippen LogP contribution is -2.09. The number of nitrogens with zero attached hydrogens (tertiary/aromatic N) is 2. The van der Waals surface area contributed by atoms with Crippen molar-refractivity contribution >= 4 is 35.0 Å². The van der Waals surface area contributed by atoms with Crippen molar-refractivity contribution in [1.29, 1.82) is 0 Å². The summed E-state index contributed by atoms with van der Waals surface area (Å²) in [5.41, 5.74) is 0.629. The highest BCUT2D eigenvalue weighted by Crippen LogP contribution is 2.19. The fourth-order valence-corrected chi connectivity index (χ4v) is 2.40. The van der Waals surface area contributed by atoms with Crippen LogP contribution in [0.4, 0.5) is 5.69 Å². The number of carboxylic acids is 1. The van der Waals surface area contributed by atoms with Gasteiger partial charge in [-0.25, -0.2) is 4.79 Å². The first-order valence-electron chi connectivity index (χ1n) is 6.32. The fourth-order valence-electron chi connectivity index (χ4n) is 1.60. The van der Waals surface area contributed by atoms with Crippen LogP contribution in [-0.2, 0) is 4.79 Å². The smallest absolute Gasteiger partial charge is 0.328 e. The molecule has 0 radical (unpaired) electrons. The van der Waals surface area contributed by atoms with Crippen molar-refractivity contribution in [3.63, 3.8) is 0 Å². The Bertz CT molecular complexity index is 685.